The largest absolute Gasteiger partial charge is 0.497 e. The molecule has 6 heteroatoms. The van der Waals surface area contributed by atoms with Crippen LogP contribution >= 0.6 is 0 Å². The highest BCUT2D eigenvalue weighted by molar-refractivity contribution is 5.98. The van der Waals surface area contributed by atoms with E-state index in [1.54, 1.807) is 41.2 Å². The van der Waals surface area contributed by atoms with Crippen molar-refractivity contribution in [1.29, 1.82) is 0 Å². The Hall–Kier alpha value is -2.37. The molecule has 1 aromatic rings. The minimum Gasteiger partial charge on any atom is -0.497 e. The van der Waals surface area contributed by atoms with E-state index in [9.17, 15) is 14.4 Å². The summed E-state index contributed by atoms with van der Waals surface area (Å²) in [5.74, 6) is 0.355. The summed E-state index contributed by atoms with van der Waals surface area (Å²) in [6.45, 7) is 1.16. The average Bonchev–Trinajstić information content (AvgIpc) is 3.29. The zero-order valence-electron chi connectivity index (χ0n) is 13.8. The smallest absolute Gasteiger partial charge is 0.254 e. The zero-order valence-corrected chi connectivity index (χ0v) is 13.8. The van der Waals surface area contributed by atoms with Crippen molar-refractivity contribution in [1.82, 2.24) is 9.80 Å². The summed E-state index contributed by atoms with van der Waals surface area (Å²) in [6.07, 6.45) is 3.84. The molecule has 1 aromatic carbocycles. The molecule has 0 aliphatic carbocycles. The van der Waals surface area contributed by atoms with E-state index in [4.69, 9.17) is 4.74 Å². The molecule has 2 amide bonds. The van der Waals surface area contributed by atoms with Gasteiger partial charge < -0.3 is 19.3 Å². The van der Waals surface area contributed by atoms with Crippen molar-refractivity contribution in [3.05, 3.63) is 29.8 Å². The van der Waals surface area contributed by atoms with E-state index >= 15 is 0 Å². The van der Waals surface area contributed by atoms with E-state index in [0.29, 0.717) is 37.2 Å². The second-order valence-corrected chi connectivity index (χ2v) is 6.27. The minimum atomic E-state index is -0.468. The third-order valence-corrected chi connectivity index (χ3v) is 4.85. The number of ether oxygens (including phenoxy) is 1. The Morgan fingerprint density at radius 3 is 2.67 bits per heavy atom. The first-order chi connectivity index (χ1) is 11.7. The van der Waals surface area contributed by atoms with E-state index in [-0.39, 0.29) is 17.9 Å². The van der Waals surface area contributed by atoms with Crippen molar-refractivity contribution in [2.24, 2.45) is 0 Å². The molecule has 0 spiro atoms. The van der Waals surface area contributed by atoms with Crippen LogP contribution in [0.15, 0.2) is 24.3 Å². The molecular formula is C18H22N2O4. The summed E-state index contributed by atoms with van der Waals surface area (Å²) in [5, 5.41) is 0. The number of carbonyl (C=O) groups excluding carboxylic acids is 3. The first-order valence-electron chi connectivity index (χ1n) is 8.36. The number of nitrogens with zero attached hydrogens (tertiary/aromatic N) is 2. The SMILES string of the molecule is COc1cccc(C(=O)N2CCC[C@@H]2C(=O)N2CCC[C@H]2C=O)c1. The Labute approximate surface area is 141 Å². The van der Waals surface area contributed by atoms with Gasteiger partial charge >= 0.3 is 0 Å². The third kappa shape index (κ3) is 3.00. The molecule has 0 radical (unpaired) electrons. The maximum Gasteiger partial charge on any atom is 0.254 e. The number of aldehydes is 1. The number of methoxy groups -OCH3 is 1. The van der Waals surface area contributed by atoms with E-state index < -0.39 is 6.04 Å². The normalized spacial score (nSPS) is 23.4. The fourth-order valence-corrected chi connectivity index (χ4v) is 3.59. The second kappa shape index (κ2) is 7.03. The van der Waals surface area contributed by atoms with Crippen LogP contribution in [-0.4, -0.2) is 60.2 Å². The minimum absolute atomic E-state index is 0.0988. The van der Waals surface area contributed by atoms with Crippen molar-refractivity contribution >= 4 is 18.1 Å². The van der Waals surface area contributed by atoms with Crippen molar-refractivity contribution in [2.45, 2.75) is 37.8 Å². The van der Waals surface area contributed by atoms with Gasteiger partial charge in [-0.3, -0.25) is 9.59 Å². The Bertz CT molecular complexity index is 646. The van der Waals surface area contributed by atoms with Crippen LogP contribution in [0.25, 0.3) is 0 Å². The molecule has 24 heavy (non-hydrogen) atoms. The van der Waals surface area contributed by atoms with Crippen LogP contribution in [0.2, 0.25) is 0 Å². The lowest BCUT2D eigenvalue weighted by Gasteiger charge is -2.29. The quantitative estimate of drug-likeness (QED) is 0.785. The summed E-state index contributed by atoms with van der Waals surface area (Å²) in [4.78, 5) is 40.1. The number of hydrogen-bond acceptors (Lipinski definition) is 4. The Morgan fingerprint density at radius 2 is 1.92 bits per heavy atom. The van der Waals surface area contributed by atoms with Crippen LogP contribution in [0.3, 0.4) is 0 Å². The molecule has 2 fully saturated rings. The molecule has 3 rings (SSSR count). The fraction of sp³-hybridized carbons (Fsp3) is 0.500. The number of amides is 2. The Balaban J connectivity index is 1.78. The van der Waals surface area contributed by atoms with Gasteiger partial charge in [-0.1, -0.05) is 6.07 Å². The van der Waals surface area contributed by atoms with Gasteiger partial charge in [0.05, 0.1) is 13.2 Å². The summed E-state index contributed by atoms with van der Waals surface area (Å²) in [6, 6.07) is 6.15. The number of benzene rings is 1. The van der Waals surface area contributed by atoms with Gasteiger partial charge in [0.15, 0.2) is 0 Å². The van der Waals surface area contributed by atoms with E-state index in [1.807, 2.05) is 0 Å². The summed E-state index contributed by atoms with van der Waals surface area (Å²) < 4.78 is 5.17. The van der Waals surface area contributed by atoms with Gasteiger partial charge in [0.1, 0.15) is 18.1 Å². The maximum atomic E-state index is 12.8. The molecule has 0 bridgehead atoms. The van der Waals surface area contributed by atoms with E-state index in [0.717, 1.165) is 19.1 Å². The van der Waals surface area contributed by atoms with Gasteiger partial charge in [-0.2, -0.15) is 0 Å². The maximum absolute atomic E-state index is 12.8. The van der Waals surface area contributed by atoms with Crippen molar-refractivity contribution in [3.63, 3.8) is 0 Å². The van der Waals surface area contributed by atoms with Crippen LogP contribution in [0.1, 0.15) is 36.0 Å². The van der Waals surface area contributed by atoms with Gasteiger partial charge in [0.2, 0.25) is 5.91 Å². The number of rotatable bonds is 4. The molecule has 0 N–H and O–H groups in total. The van der Waals surface area contributed by atoms with Gasteiger partial charge in [-0.15, -0.1) is 0 Å². The first kappa shape index (κ1) is 16.5. The third-order valence-electron chi connectivity index (χ3n) is 4.85. The Morgan fingerprint density at radius 1 is 1.17 bits per heavy atom. The summed E-state index contributed by atoms with van der Waals surface area (Å²) >= 11 is 0. The monoisotopic (exact) mass is 330 g/mol. The molecular weight excluding hydrogens is 308 g/mol. The van der Waals surface area contributed by atoms with Crippen LogP contribution in [0.5, 0.6) is 5.75 Å². The van der Waals surface area contributed by atoms with Crippen LogP contribution in [-0.2, 0) is 9.59 Å². The predicted molar refractivity (Wildman–Crippen MR) is 87.9 cm³/mol. The molecule has 2 saturated heterocycles. The molecule has 2 aliphatic rings. The Kier molecular flexibility index (Phi) is 4.83. The van der Waals surface area contributed by atoms with Crippen LogP contribution in [0.4, 0.5) is 0 Å². The van der Waals surface area contributed by atoms with Crippen LogP contribution < -0.4 is 4.74 Å². The van der Waals surface area contributed by atoms with Crippen molar-refractivity contribution < 1.29 is 19.1 Å². The standard InChI is InChI=1S/C18H22N2O4/c1-24-15-7-2-5-13(11-15)17(22)20-10-4-8-16(20)18(23)19-9-3-6-14(19)12-21/h2,5,7,11-12,14,16H,3-4,6,8-10H2,1H3/t14-,16+/m0/s1. The lowest BCUT2D eigenvalue weighted by molar-refractivity contribution is -0.138. The lowest BCUT2D eigenvalue weighted by Crippen LogP contribution is -2.49. The number of carbonyl (C=O) groups is 3. The molecule has 0 saturated carbocycles. The van der Waals surface area contributed by atoms with Gasteiger partial charge in [0, 0.05) is 18.7 Å². The zero-order chi connectivity index (χ0) is 17.1. The van der Waals surface area contributed by atoms with Gasteiger partial charge in [-0.05, 0) is 43.9 Å². The van der Waals surface area contributed by atoms with Crippen LogP contribution in [0, 0.1) is 0 Å². The average molecular weight is 330 g/mol. The lowest BCUT2D eigenvalue weighted by atomic mass is 10.1. The molecule has 2 atom stereocenters. The van der Waals surface area contributed by atoms with Crippen molar-refractivity contribution in [3.8, 4) is 5.75 Å². The highest BCUT2D eigenvalue weighted by Gasteiger charge is 2.40. The summed E-state index contributed by atoms with van der Waals surface area (Å²) in [5.41, 5.74) is 0.516. The van der Waals surface area contributed by atoms with Gasteiger partial charge in [0.25, 0.3) is 5.91 Å². The van der Waals surface area contributed by atoms with E-state index in [1.165, 1.54) is 0 Å². The van der Waals surface area contributed by atoms with E-state index in [2.05, 4.69) is 0 Å². The highest BCUT2D eigenvalue weighted by Crippen LogP contribution is 2.26. The molecule has 0 aromatic heterocycles. The first-order valence-corrected chi connectivity index (χ1v) is 8.36. The molecule has 2 aliphatic heterocycles. The molecule has 6 nitrogen and oxygen atoms in total. The number of hydrogen-bond donors (Lipinski definition) is 0. The summed E-state index contributed by atoms with van der Waals surface area (Å²) in [7, 11) is 1.55. The van der Waals surface area contributed by atoms with Crippen molar-refractivity contribution in [2.75, 3.05) is 20.2 Å². The molecule has 128 valence electrons. The fourth-order valence-electron chi connectivity index (χ4n) is 3.59. The topological polar surface area (TPSA) is 66.9 Å². The van der Waals surface area contributed by atoms with Gasteiger partial charge in [-0.25, -0.2) is 0 Å². The molecule has 2 heterocycles. The highest BCUT2D eigenvalue weighted by atomic mass is 16.5. The second-order valence-electron chi connectivity index (χ2n) is 6.27. The number of likely N-dealkylation sites (tertiary alicyclic amines) is 2. The predicted octanol–water partition coefficient (Wildman–Crippen LogP) is 1.49. The molecule has 0 unspecified atom stereocenters.